The van der Waals surface area contributed by atoms with Gasteiger partial charge in [0.25, 0.3) is 0 Å². The number of aromatic nitrogens is 2. The summed E-state index contributed by atoms with van der Waals surface area (Å²) < 4.78 is 18.6. The summed E-state index contributed by atoms with van der Waals surface area (Å²) in [6, 6.07) is 3.79. The number of hydrogen-bond acceptors (Lipinski definition) is 6. The first-order valence-corrected chi connectivity index (χ1v) is 9.54. The monoisotopic (exact) mass is 337 g/mol. The van der Waals surface area contributed by atoms with Crippen LogP contribution in [0.4, 0.5) is 5.82 Å². The molecule has 0 saturated carbocycles. The zero-order valence-corrected chi connectivity index (χ0v) is 14.2. The average Bonchev–Trinajstić information content (AvgIpc) is 3.10. The fraction of sp³-hybridized carbons (Fsp3) is 0.467. The van der Waals surface area contributed by atoms with Gasteiger partial charge in [-0.1, -0.05) is 6.07 Å². The lowest BCUT2D eigenvalue weighted by molar-refractivity contribution is 0.407. The normalized spacial score (nSPS) is 16.5. The Morgan fingerprint density at radius 2 is 2.18 bits per heavy atom. The minimum atomic E-state index is -1.09. The second kappa shape index (κ2) is 7.19. The van der Waals surface area contributed by atoms with Crippen molar-refractivity contribution >= 4 is 28.0 Å². The van der Waals surface area contributed by atoms with Crippen LogP contribution in [-0.2, 0) is 16.6 Å². The van der Waals surface area contributed by atoms with Crippen molar-refractivity contribution in [2.24, 2.45) is 0 Å². The highest BCUT2D eigenvalue weighted by Gasteiger charge is 2.19. The lowest BCUT2D eigenvalue weighted by atomic mass is 10.1. The molecule has 0 aliphatic carbocycles. The topological polar surface area (TPSA) is 55.3 Å². The second-order valence-corrected chi connectivity index (χ2v) is 7.77. The summed E-state index contributed by atoms with van der Waals surface area (Å²) in [5.74, 6) is 2.46. The Kier molecular flexibility index (Phi) is 5.04. The molecule has 7 heteroatoms. The van der Waals surface area contributed by atoms with Crippen LogP contribution in [0, 0.1) is 0 Å². The minimum absolute atomic E-state index is 0.339. The van der Waals surface area contributed by atoms with Crippen molar-refractivity contribution in [2.75, 3.05) is 25.1 Å². The summed E-state index contributed by atoms with van der Waals surface area (Å²) >= 11 is 1.50. The number of thiophene rings is 1. The number of nitrogens with zero attached hydrogens (tertiary/aromatic N) is 3. The first kappa shape index (κ1) is 15.4. The van der Waals surface area contributed by atoms with Crippen molar-refractivity contribution in [3.05, 3.63) is 29.5 Å². The van der Waals surface area contributed by atoms with E-state index in [9.17, 15) is 4.21 Å². The molecule has 118 valence electrons. The third kappa shape index (κ3) is 3.47. The maximum absolute atomic E-state index is 12.3. The van der Waals surface area contributed by atoms with Gasteiger partial charge in [-0.2, -0.15) is 0 Å². The van der Waals surface area contributed by atoms with E-state index in [1.165, 1.54) is 30.6 Å². The Hall–Kier alpha value is -1.47. The highest BCUT2D eigenvalue weighted by Crippen LogP contribution is 2.28. The van der Waals surface area contributed by atoms with Gasteiger partial charge in [-0.15, -0.1) is 11.3 Å². The van der Waals surface area contributed by atoms with Crippen molar-refractivity contribution in [1.29, 1.82) is 0 Å². The quantitative estimate of drug-likeness (QED) is 0.840. The van der Waals surface area contributed by atoms with Crippen LogP contribution in [0.2, 0.25) is 0 Å². The van der Waals surface area contributed by atoms with Crippen LogP contribution in [0.25, 0.3) is 0 Å². The Morgan fingerprint density at radius 3 is 2.86 bits per heavy atom. The zero-order chi connectivity index (χ0) is 15.4. The van der Waals surface area contributed by atoms with Gasteiger partial charge < -0.3 is 9.64 Å². The molecule has 2 aromatic rings. The Morgan fingerprint density at radius 1 is 1.36 bits per heavy atom. The lowest BCUT2D eigenvalue weighted by Gasteiger charge is -2.28. The van der Waals surface area contributed by atoms with Crippen LogP contribution in [0.3, 0.4) is 0 Å². The molecule has 1 unspecified atom stereocenters. The van der Waals surface area contributed by atoms with Gasteiger partial charge in [0.2, 0.25) is 0 Å². The van der Waals surface area contributed by atoms with Crippen molar-refractivity contribution in [3.63, 3.8) is 0 Å². The van der Waals surface area contributed by atoms with Gasteiger partial charge in [-0.3, -0.25) is 4.21 Å². The van der Waals surface area contributed by atoms with Gasteiger partial charge in [0.05, 0.1) is 34.1 Å². The molecule has 1 fully saturated rings. The number of ether oxygens (including phenoxy) is 1. The largest absolute Gasteiger partial charge is 0.491 e. The standard InChI is InChI=1S/C15H19N3O2S2/c1-20-12-10-16-13(11-22(19)14-6-5-9-21-14)17-15(12)18-7-3-2-4-8-18/h5-6,9-10H,2-4,7-8,11H2,1H3. The summed E-state index contributed by atoms with van der Waals surface area (Å²) in [6.07, 6.45) is 5.30. The molecule has 1 aliphatic rings. The minimum Gasteiger partial charge on any atom is -0.491 e. The summed E-state index contributed by atoms with van der Waals surface area (Å²) in [6.45, 7) is 1.97. The summed E-state index contributed by atoms with van der Waals surface area (Å²) in [5, 5.41) is 1.93. The predicted octanol–water partition coefficient (Wildman–Crippen LogP) is 2.84. The highest BCUT2D eigenvalue weighted by molar-refractivity contribution is 7.86. The van der Waals surface area contributed by atoms with Crippen LogP contribution in [0.1, 0.15) is 25.1 Å². The second-order valence-electron chi connectivity index (χ2n) is 5.15. The number of anilines is 1. The van der Waals surface area contributed by atoms with E-state index in [1.54, 1.807) is 13.3 Å². The van der Waals surface area contributed by atoms with Gasteiger partial charge in [-0.05, 0) is 30.7 Å². The molecular formula is C15H19N3O2S2. The van der Waals surface area contributed by atoms with E-state index < -0.39 is 10.8 Å². The number of methoxy groups -OCH3 is 1. The maximum atomic E-state index is 12.3. The van der Waals surface area contributed by atoms with E-state index in [-0.39, 0.29) is 0 Å². The van der Waals surface area contributed by atoms with Crippen molar-refractivity contribution in [1.82, 2.24) is 9.97 Å². The molecule has 0 bridgehead atoms. The summed E-state index contributed by atoms with van der Waals surface area (Å²) in [4.78, 5) is 11.2. The molecule has 0 spiro atoms. The fourth-order valence-electron chi connectivity index (χ4n) is 2.52. The Bertz CT molecular complexity index is 640. The maximum Gasteiger partial charge on any atom is 0.179 e. The molecule has 0 radical (unpaired) electrons. The van der Waals surface area contributed by atoms with E-state index >= 15 is 0 Å². The molecule has 1 aliphatic heterocycles. The zero-order valence-electron chi connectivity index (χ0n) is 12.5. The van der Waals surface area contributed by atoms with Gasteiger partial charge in [-0.25, -0.2) is 9.97 Å². The molecule has 1 atom stereocenters. The first-order chi connectivity index (χ1) is 10.8. The lowest BCUT2D eigenvalue weighted by Crippen LogP contribution is -2.31. The van der Waals surface area contributed by atoms with Crippen molar-refractivity contribution in [3.8, 4) is 5.75 Å². The van der Waals surface area contributed by atoms with Gasteiger partial charge >= 0.3 is 0 Å². The molecule has 0 amide bonds. The van der Waals surface area contributed by atoms with Gasteiger partial charge in [0.1, 0.15) is 5.82 Å². The van der Waals surface area contributed by atoms with Crippen molar-refractivity contribution < 1.29 is 8.95 Å². The molecule has 1 saturated heterocycles. The predicted molar refractivity (Wildman–Crippen MR) is 89.1 cm³/mol. The number of hydrogen-bond donors (Lipinski definition) is 0. The van der Waals surface area contributed by atoms with Crippen molar-refractivity contribution in [2.45, 2.75) is 29.2 Å². The molecule has 3 rings (SSSR count). The summed E-state index contributed by atoms with van der Waals surface area (Å²) in [7, 11) is 0.544. The Labute approximate surface area is 136 Å². The van der Waals surface area contributed by atoms with Crippen LogP contribution < -0.4 is 9.64 Å². The fourth-order valence-corrected chi connectivity index (χ4v) is 4.49. The average molecular weight is 337 g/mol. The first-order valence-electron chi connectivity index (χ1n) is 7.34. The smallest absolute Gasteiger partial charge is 0.179 e. The van der Waals surface area contributed by atoms with Crippen LogP contribution >= 0.6 is 11.3 Å². The molecule has 0 N–H and O–H groups in total. The molecule has 2 aromatic heterocycles. The van der Waals surface area contributed by atoms with Crippen LogP contribution in [-0.4, -0.2) is 34.4 Å². The molecule has 0 aromatic carbocycles. The van der Waals surface area contributed by atoms with Gasteiger partial charge in [0.15, 0.2) is 11.6 Å². The molecule has 5 nitrogen and oxygen atoms in total. The van der Waals surface area contributed by atoms with E-state index in [1.807, 2.05) is 17.5 Å². The summed E-state index contributed by atoms with van der Waals surface area (Å²) in [5.41, 5.74) is 0. The molecule has 3 heterocycles. The third-order valence-corrected chi connectivity index (χ3v) is 6.25. The van der Waals surface area contributed by atoms with E-state index in [0.717, 1.165) is 23.1 Å². The third-order valence-electron chi connectivity index (χ3n) is 3.64. The van der Waals surface area contributed by atoms with E-state index in [4.69, 9.17) is 4.74 Å². The van der Waals surface area contributed by atoms with E-state index in [2.05, 4.69) is 14.9 Å². The van der Waals surface area contributed by atoms with Gasteiger partial charge in [0, 0.05) is 13.1 Å². The Balaban J connectivity index is 1.81. The van der Waals surface area contributed by atoms with Crippen LogP contribution in [0.15, 0.2) is 27.9 Å². The SMILES string of the molecule is COc1cnc(CS(=O)c2cccs2)nc1N1CCCCC1. The van der Waals surface area contributed by atoms with Crippen LogP contribution in [0.5, 0.6) is 5.75 Å². The molecular weight excluding hydrogens is 318 g/mol. The number of rotatable bonds is 5. The highest BCUT2D eigenvalue weighted by atomic mass is 32.2. The molecule has 22 heavy (non-hydrogen) atoms. The number of piperidine rings is 1. The van der Waals surface area contributed by atoms with E-state index in [0.29, 0.717) is 17.3 Å².